The Bertz CT molecular complexity index is 504. The first-order valence-corrected chi connectivity index (χ1v) is 8.26. The van der Waals surface area contributed by atoms with Crippen molar-refractivity contribution >= 4 is 21.6 Å². The number of hydrogen-bond acceptors (Lipinski definition) is 2. The molecule has 1 aliphatic carbocycles. The Balaban J connectivity index is 2.20. The maximum absolute atomic E-state index is 9.29. The fraction of sp³-hybridized carbons (Fsp3) is 0.588. The standard InChI is InChI=1S/C17H23BrN2/c1-11(2)15-6-4-12(3)8-17(15)20-16-7-5-14(18)9-13(16)10-19/h5,7,9,11-12,15,17,20H,4,6,8H2,1-3H3. The Morgan fingerprint density at radius 1 is 1.35 bits per heavy atom. The molecule has 3 atom stereocenters. The molecule has 0 saturated heterocycles. The van der Waals surface area contributed by atoms with Gasteiger partial charge in [0.1, 0.15) is 6.07 Å². The van der Waals surface area contributed by atoms with E-state index in [2.05, 4.69) is 48.1 Å². The van der Waals surface area contributed by atoms with Crippen molar-refractivity contribution in [1.82, 2.24) is 0 Å². The molecule has 1 fully saturated rings. The Hall–Kier alpha value is -1.01. The molecular formula is C17H23BrN2. The van der Waals surface area contributed by atoms with Gasteiger partial charge in [0.15, 0.2) is 0 Å². The lowest BCUT2D eigenvalue weighted by Gasteiger charge is -2.38. The zero-order valence-corrected chi connectivity index (χ0v) is 14.1. The quantitative estimate of drug-likeness (QED) is 0.825. The molecule has 2 nitrogen and oxygen atoms in total. The first-order chi connectivity index (χ1) is 9.51. The third-order valence-corrected chi connectivity index (χ3v) is 4.96. The van der Waals surface area contributed by atoms with E-state index in [0.717, 1.165) is 21.6 Å². The molecule has 108 valence electrons. The highest BCUT2D eigenvalue weighted by molar-refractivity contribution is 9.10. The van der Waals surface area contributed by atoms with Crippen molar-refractivity contribution in [1.29, 1.82) is 5.26 Å². The van der Waals surface area contributed by atoms with E-state index in [1.54, 1.807) is 0 Å². The fourth-order valence-corrected chi connectivity index (χ4v) is 3.66. The van der Waals surface area contributed by atoms with Crippen molar-refractivity contribution < 1.29 is 0 Å². The summed E-state index contributed by atoms with van der Waals surface area (Å²) in [4.78, 5) is 0. The van der Waals surface area contributed by atoms with Crippen molar-refractivity contribution in [2.24, 2.45) is 17.8 Å². The third-order valence-electron chi connectivity index (χ3n) is 4.47. The van der Waals surface area contributed by atoms with Gasteiger partial charge < -0.3 is 5.32 Å². The molecule has 1 aromatic rings. The number of benzene rings is 1. The molecule has 0 aliphatic heterocycles. The molecule has 2 rings (SSSR count). The van der Waals surface area contributed by atoms with Gasteiger partial charge in [-0.2, -0.15) is 5.26 Å². The van der Waals surface area contributed by atoms with E-state index in [4.69, 9.17) is 0 Å². The molecule has 0 bridgehead atoms. The van der Waals surface area contributed by atoms with Gasteiger partial charge in [0, 0.05) is 10.5 Å². The minimum Gasteiger partial charge on any atom is -0.381 e. The van der Waals surface area contributed by atoms with Crippen LogP contribution in [0.1, 0.15) is 45.6 Å². The van der Waals surface area contributed by atoms with Gasteiger partial charge >= 0.3 is 0 Å². The second-order valence-electron chi connectivity index (χ2n) is 6.38. The van der Waals surface area contributed by atoms with Gasteiger partial charge in [0.25, 0.3) is 0 Å². The Kier molecular flexibility index (Phi) is 5.10. The van der Waals surface area contributed by atoms with Crippen LogP contribution in [0.4, 0.5) is 5.69 Å². The van der Waals surface area contributed by atoms with E-state index in [1.165, 1.54) is 19.3 Å². The zero-order valence-electron chi connectivity index (χ0n) is 12.5. The van der Waals surface area contributed by atoms with Crippen LogP contribution in [0.2, 0.25) is 0 Å². The summed E-state index contributed by atoms with van der Waals surface area (Å²) in [6.45, 7) is 6.95. The number of hydrogen-bond donors (Lipinski definition) is 1. The van der Waals surface area contributed by atoms with Gasteiger partial charge in [0.05, 0.1) is 11.3 Å². The fourth-order valence-electron chi connectivity index (χ4n) is 3.30. The second-order valence-corrected chi connectivity index (χ2v) is 7.29. The first kappa shape index (κ1) is 15.4. The predicted octanol–water partition coefficient (Wildman–Crippen LogP) is 5.19. The Morgan fingerprint density at radius 2 is 2.10 bits per heavy atom. The number of nitrogens with zero attached hydrogens (tertiary/aromatic N) is 1. The molecular weight excluding hydrogens is 312 g/mol. The SMILES string of the molecule is CC1CCC(C(C)C)C(Nc2ccc(Br)cc2C#N)C1. The molecule has 1 aliphatic rings. The summed E-state index contributed by atoms with van der Waals surface area (Å²) in [6, 6.07) is 8.67. The third kappa shape index (κ3) is 3.55. The van der Waals surface area contributed by atoms with Gasteiger partial charge in [0.2, 0.25) is 0 Å². The number of nitrogens with one attached hydrogen (secondary N) is 1. The smallest absolute Gasteiger partial charge is 0.101 e. The Morgan fingerprint density at radius 3 is 2.75 bits per heavy atom. The average molecular weight is 335 g/mol. The number of nitriles is 1. The zero-order chi connectivity index (χ0) is 14.7. The van der Waals surface area contributed by atoms with Gasteiger partial charge in [-0.25, -0.2) is 0 Å². The topological polar surface area (TPSA) is 35.8 Å². The van der Waals surface area contributed by atoms with Crippen LogP contribution in [-0.4, -0.2) is 6.04 Å². The molecule has 1 saturated carbocycles. The highest BCUT2D eigenvalue weighted by Gasteiger charge is 2.30. The van der Waals surface area contributed by atoms with Crippen LogP contribution in [0.5, 0.6) is 0 Å². The summed E-state index contributed by atoms with van der Waals surface area (Å²) >= 11 is 3.43. The van der Waals surface area contributed by atoms with Crippen LogP contribution in [-0.2, 0) is 0 Å². The molecule has 20 heavy (non-hydrogen) atoms. The van der Waals surface area contributed by atoms with E-state index < -0.39 is 0 Å². The number of anilines is 1. The summed E-state index contributed by atoms with van der Waals surface area (Å²) in [5.41, 5.74) is 1.69. The number of halogens is 1. The molecule has 1 N–H and O–H groups in total. The van der Waals surface area contributed by atoms with E-state index in [-0.39, 0.29) is 0 Å². The van der Waals surface area contributed by atoms with Crippen molar-refractivity contribution in [3.05, 3.63) is 28.2 Å². The summed E-state index contributed by atoms with van der Waals surface area (Å²) in [7, 11) is 0. The first-order valence-electron chi connectivity index (χ1n) is 7.47. The van der Waals surface area contributed by atoms with Crippen LogP contribution < -0.4 is 5.32 Å². The largest absolute Gasteiger partial charge is 0.381 e. The van der Waals surface area contributed by atoms with Gasteiger partial charge in [-0.3, -0.25) is 0 Å². The summed E-state index contributed by atoms with van der Waals surface area (Å²) in [5.74, 6) is 2.14. The lowest BCUT2D eigenvalue weighted by Crippen LogP contribution is -2.38. The summed E-state index contributed by atoms with van der Waals surface area (Å²) in [5, 5.41) is 12.9. The molecule has 0 aromatic heterocycles. The van der Waals surface area contributed by atoms with E-state index in [1.807, 2.05) is 18.2 Å². The lowest BCUT2D eigenvalue weighted by atomic mass is 9.74. The minimum absolute atomic E-state index is 0.479. The van der Waals surface area contributed by atoms with E-state index >= 15 is 0 Å². The van der Waals surface area contributed by atoms with Crippen LogP contribution >= 0.6 is 15.9 Å². The second kappa shape index (κ2) is 6.63. The van der Waals surface area contributed by atoms with Crippen molar-refractivity contribution in [2.45, 2.75) is 46.1 Å². The molecule has 1 aromatic carbocycles. The highest BCUT2D eigenvalue weighted by Crippen LogP contribution is 2.36. The predicted molar refractivity (Wildman–Crippen MR) is 87.6 cm³/mol. The molecule has 3 unspecified atom stereocenters. The van der Waals surface area contributed by atoms with Crippen LogP contribution in [0.3, 0.4) is 0 Å². The highest BCUT2D eigenvalue weighted by atomic mass is 79.9. The van der Waals surface area contributed by atoms with Gasteiger partial charge in [-0.05, 0) is 48.8 Å². The maximum Gasteiger partial charge on any atom is 0.101 e. The normalized spacial score (nSPS) is 26.3. The number of rotatable bonds is 3. The summed E-state index contributed by atoms with van der Waals surface area (Å²) < 4.78 is 0.956. The van der Waals surface area contributed by atoms with E-state index in [0.29, 0.717) is 17.9 Å². The maximum atomic E-state index is 9.29. The minimum atomic E-state index is 0.479. The van der Waals surface area contributed by atoms with Crippen molar-refractivity contribution in [2.75, 3.05) is 5.32 Å². The monoisotopic (exact) mass is 334 g/mol. The van der Waals surface area contributed by atoms with Gasteiger partial charge in [-0.1, -0.05) is 43.1 Å². The Labute approximate surface area is 130 Å². The molecule has 3 heteroatoms. The molecule has 0 amide bonds. The molecule has 0 spiro atoms. The van der Waals surface area contributed by atoms with Crippen molar-refractivity contribution in [3.63, 3.8) is 0 Å². The lowest BCUT2D eigenvalue weighted by molar-refractivity contribution is 0.212. The van der Waals surface area contributed by atoms with Crippen LogP contribution in [0.25, 0.3) is 0 Å². The molecule has 0 radical (unpaired) electrons. The van der Waals surface area contributed by atoms with Crippen molar-refractivity contribution in [3.8, 4) is 6.07 Å². The molecule has 0 heterocycles. The summed E-state index contributed by atoms with van der Waals surface area (Å²) in [6.07, 6.45) is 3.81. The van der Waals surface area contributed by atoms with Crippen LogP contribution in [0, 0.1) is 29.1 Å². The van der Waals surface area contributed by atoms with E-state index in [9.17, 15) is 5.26 Å². The average Bonchev–Trinajstić information content (AvgIpc) is 2.40. The van der Waals surface area contributed by atoms with Gasteiger partial charge in [-0.15, -0.1) is 0 Å². The van der Waals surface area contributed by atoms with Crippen LogP contribution in [0.15, 0.2) is 22.7 Å².